The standard InChI is InChI=1S/C22H15ClF2N2O2S/c1-30(28,21-9-5-16(24)13-20(21)25)27-17-6-2-14(3-7-17)18-12-15(4-8-19(18)23)22-26-10-11-29-22/h2-13H,1H2,(H,27,28). The smallest absolute Gasteiger partial charge is 0.225 e. The lowest BCUT2D eigenvalue weighted by molar-refractivity contribution is 0.562. The van der Waals surface area contributed by atoms with E-state index in [2.05, 4.69) is 15.6 Å². The zero-order valence-corrected chi connectivity index (χ0v) is 17.0. The summed E-state index contributed by atoms with van der Waals surface area (Å²) in [4.78, 5) is 3.93. The minimum atomic E-state index is -3.22. The third kappa shape index (κ3) is 4.08. The highest BCUT2D eigenvalue weighted by Crippen LogP contribution is 2.33. The van der Waals surface area contributed by atoms with Gasteiger partial charge in [-0.3, -0.25) is 0 Å². The van der Waals surface area contributed by atoms with Crippen LogP contribution < -0.4 is 4.72 Å². The summed E-state index contributed by atoms with van der Waals surface area (Å²) in [5.41, 5.74) is 2.80. The van der Waals surface area contributed by atoms with Gasteiger partial charge in [0.15, 0.2) is 0 Å². The molecule has 0 fully saturated rings. The van der Waals surface area contributed by atoms with Crippen LogP contribution in [-0.2, 0) is 9.71 Å². The van der Waals surface area contributed by atoms with Crippen LogP contribution in [0.25, 0.3) is 22.6 Å². The fourth-order valence-corrected chi connectivity index (χ4v) is 4.47. The van der Waals surface area contributed by atoms with Gasteiger partial charge >= 0.3 is 0 Å². The summed E-state index contributed by atoms with van der Waals surface area (Å²) in [5, 5.41) is 0.542. The van der Waals surface area contributed by atoms with Crippen molar-refractivity contribution in [1.29, 1.82) is 0 Å². The average molecular weight is 445 g/mol. The van der Waals surface area contributed by atoms with E-state index < -0.39 is 21.3 Å². The first-order valence-electron chi connectivity index (χ1n) is 8.73. The van der Waals surface area contributed by atoms with Crippen LogP contribution in [0.4, 0.5) is 14.5 Å². The number of rotatable bonds is 5. The van der Waals surface area contributed by atoms with Crippen molar-refractivity contribution in [2.75, 3.05) is 4.72 Å². The number of aromatic nitrogens is 1. The highest BCUT2D eigenvalue weighted by molar-refractivity contribution is 8.01. The van der Waals surface area contributed by atoms with E-state index in [4.69, 9.17) is 16.0 Å². The highest BCUT2D eigenvalue weighted by Gasteiger charge is 2.15. The lowest BCUT2D eigenvalue weighted by atomic mass is 10.0. The molecule has 0 bridgehead atoms. The number of nitrogens with zero attached hydrogens (tertiary/aromatic N) is 1. The van der Waals surface area contributed by atoms with Crippen molar-refractivity contribution in [2.45, 2.75) is 4.90 Å². The predicted octanol–water partition coefficient (Wildman–Crippen LogP) is 6.04. The lowest BCUT2D eigenvalue weighted by Gasteiger charge is -2.14. The van der Waals surface area contributed by atoms with Gasteiger partial charge in [0.25, 0.3) is 0 Å². The maximum absolute atomic E-state index is 14.0. The van der Waals surface area contributed by atoms with Crippen LogP contribution in [-0.4, -0.2) is 15.1 Å². The minimum Gasteiger partial charge on any atom is -0.445 e. The van der Waals surface area contributed by atoms with E-state index in [0.717, 1.165) is 28.8 Å². The van der Waals surface area contributed by atoms with Gasteiger partial charge in [-0.2, -0.15) is 0 Å². The largest absolute Gasteiger partial charge is 0.445 e. The van der Waals surface area contributed by atoms with Gasteiger partial charge in [0.05, 0.1) is 20.8 Å². The van der Waals surface area contributed by atoms with Crippen LogP contribution in [0.1, 0.15) is 0 Å². The van der Waals surface area contributed by atoms with Gasteiger partial charge in [0, 0.05) is 27.9 Å². The Bertz CT molecular complexity index is 1310. The zero-order valence-electron chi connectivity index (χ0n) is 15.4. The van der Waals surface area contributed by atoms with Gasteiger partial charge in [-0.25, -0.2) is 18.0 Å². The van der Waals surface area contributed by atoms with Crippen molar-refractivity contribution in [1.82, 2.24) is 4.98 Å². The van der Waals surface area contributed by atoms with Gasteiger partial charge in [-0.05, 0) is 53.9 Å². The molecule has 3 aromatic carbocycles. The van der Waals surface area contributed by atoms with Gasteiger partial charge in [0.2, 0.25) is 5.89 Å². The van der Waals surface area contributed by atoms with Crippen LogP contribution in [0.5, 0.6) is 0 Å². The van der Waals surface area contributed by atoms with E-state index in [1.54, 1.807) is 36.5 Å². The molecule has 0 saturated heterocycles. The van der Waals surface area contributed by atoms with Crippen LogP contribution in [0.2, 0.25) is 5.02 Å². The molecule has 1 atom stereocenters. The molecule has 0 aliphatic heterocycles. The fourth-order valence-electron chi connectivity index (χ4n) is 2.95. The summed E-state index contributed by atoms with van der Waals surface area (Å²) in [6, 6.07) is 15.2. The average Bonchev–Trinajstić information content (AvgIpc) is 3.23. The normalized spacial score (nSPS) is 13.0. The van der Waals surface area contributed by atoms with Crippen LogP contribution in [0.3, 0.4) is 0 Å². The topological polar surface area (TPSA) is 55.1 Å². The number of benzene rings is 3. The quantitative estimate of drug-likeness (QED) is 0.382. The Labute approximate surface area is 177 Å². The second-order valence-electron chi connectivity index (χ2n) is 6.46. The molecule has 0 aliphatic carbocycles. The number of hydrogen-bond donors (Lipinski definition) is 1. The molecule has 1 aromatic heterocycles. The predicted molar refractivity (Wildman–Crippen MR) is 116 cm³/mol. The molecular weight excluding hydrogens is 430 g/mol. The molecule has 0 spiro atoms. The summed E-state index contributed by atoms with van der Waals surface area (Å²) >= 11 is 6.35. The molecular formula is C22H15ClF2N2O2S. The van der Waals surface area contributed by atoms with E-state index in [0.29, 0.717) is 22.7 Å². The van der Waals surface area contributed by atoms with Crippen molar-refractivity contribution in [3.05, 3.63) is 89.8 Å². The SMILES string of the molecule is C=S(=O)(Nc1ccc(-c2cc(-c3ncco3)ccc2Cl)cc1)c1ccc(F)cc1F. The van der Waals surface area contributed by atoms with E-state index in [1.165, 1.54) is 6.26 Å². The maximum Gasteiger partial charge on any atom is 0.225 e. The molecule has 0 amide bonds. The molecule has 4 aromatic rings. The first kappa shape index (κ1) is 20.1. The Morgan fingerprint density at radius 3 is 2.40 bits per heavy atom. The lowest BCUT2D eigenvalue weighted by Crippen LogP contribution is -2.14. The number of oxazole rings is 1. The van der Waals surface area contributed by atoms with E-state index >= 15 is 0 Å². The van der Waals surface area contributed by atoms with Crippen molar-refractivity contribution in [3.63, 3.8) is 0 Å². The number of nitrogens with one attached hydrogen (secondary N) is 1. The molecule has 0 aliphatic rings. The molecule has 4 rings (SSSR count). The van der Waals surface area contributed by atoms with Gasteiger partial charge in [-0.15, -0.1) is 0 Å². The molecule has 0 radical (unpaired) electrons. The number of hydrogen-bond acceptors (Lipinski definition) is 3. The minimum absolute atomic E-state index is 0.199. The van der Waals surface area contributed by atoms with Gasteiger partial charge < -0.3 is 9.14 Å². The molecule has 30 heavy (non-hydrogen) atoms. The van der Waals surface area contributed by atoms with Gasteiger partial charge in [-0.1, -0.05) is 23.7 Å². The maximum atomic E-state index is 14.0. The summed E-state index contributed by atoms with van der Waals surface area (Å²) in [7, 11) is -3.22. The summed E-state index contributed by atoms with van der Waals surface area (Å²) in [6.07, 6.45) is 3.05. The summed E-state index contributed by atoms with van der Waals surface area (Å²) in [6.45, 7) is 0. The van der Waals surface area contributed by atoms with Gasteiger partial charge in [0.1, 0.15) is 17.9 Å². The third-order valence-corrected chi connectivity index (χ3v) is 6.31. The Kier molecular flexibility index (Phi) is 5.32. The second kappa shape index (κ2) is 7.93. The van der Waals surface area contributed by atoms with Crippen molar-refractivity contribution in [3.8, 4) is 22.6 Å². The first-order chi connectivity index (χ1) is 14.3. The summed E-state index contributed by atoms with van der Waals surface area (Å²) < 4.78 is 48.0. The van der Waals surface area contributed by atoms with E-state index in [-0.39, 0.29) is 4.90 Å². The second-order valence-corrected chi connectivity index (χ2v) is 8.86. The zero-order chi connectivity index (χ0) is 21.3. The Morgan fingerprint density at radius 1 is 1.00 bits per heavy atom. The summed E-state index contributed by atoms with van der Waals surface area (Å²) in [5.74, 6) is 2.38. The van der Waals surface area contributed by atoms with Crippen molar-refractivity contribution < 1.29 is 17.4 Å². The van der Waals surface area contributed by atoms with Crippen LogP contribution in [0, 0.1) is 11.6 Å². The van der Waals surface area contributed by atoms with Crippen LogP contribution >= 0.6 is 11.6 Å². The first-order valence-corrected chi connectivity index (χ1v) is 10.8. The van der Waals surface area contributed by atoms with Crippen LogP contribution in [0.15, 0.2) is 82.4 Å². The Hall–Kier alpha value is -3.16. The molecule has 152 valence electrons. The Morgan fingerprint density at radius 2 is 1.73 bits per heavy atom. The molecule has 1 unspecified atom stereocenters. The van der Waals surface area contributed by atoms with E-state index in [9.17, 15) is 13.0 Å². The number of anilines is 1. The van der Waals surface area contributed by atoms with Crippen molar-refractivity contribution >= 4 is 32.9 Å². The Balaban J connectivity index is 1.61. The molecule has 1 heterocycles. The fraction of sp³-hybridized carbons (Fsp3) is 0. The third-order valence-electron chi connectivity index (χ3n) is 4.37. The van der Waals surface area contributed by atoms with E-state index in [1.807, 2.05) is 12.1 Å². The molecule has 0 saturated carbocycles. The molecule has 1 N–H and O–H groups in total. The molecule has 8 heteroatoms. The molecule has 4 nitrogen and oxygen atoms in total. The van der Waals surface area contributed by atoms with Crippen molar-refractivity contribution in [2.24, 2.45) is 0 Å². The monoisotopic (exact) mass is 444 g/mol. The number of halogens is 3. The highest BCUT2D eigenvalue weighted by atomic mass is 35.5.